The van der Waals surface area contributed by atoms with Gasteiger partial charge in [-0.15, -0.1) is 0 Å². The Labute approximate surface area is 120 Å². The second-order valence-corrected chi connectivity index (χ2v) is 8.48. The Morgan fingerprint density at radius 1 is 1.00 bits per heavy atom. The third kappa shape index (κ3) is 5.83. The lowest BCUT2D eigenvalue weighted by molar-refractivity contribution is 0.0399. The summed E-state index contributed by atoms with van der Waals surface area (Å²) in [5, 5.41) is 3.68. The predicted octanol–water partition coefficient (Wildman–Crippen LogP) is 4.10. The van der Waals surface area contributed by atoms with Crippen LogP contribution in [0.4, 0.5) is 0 Å². The van der Waals surface area contributed by atoms with Crippen LogP contribution in [0.15, 0.2) is 0 Å². The van der Waals surface area contributed by atoms with Gasteiger partial charge in [-0.25, -0.2) is 0 Å². The van der Waals surface area contributed by atoms with Gasteiger partial charge in [0, 0.05) is 19.3 Å². The smallest absolute Gasteiger partial charge is 0.0493 e. The maximum Gasteiger partial charge on any atom is 0.0493 e. The fourth-order valence-electron chi connectivity index (χ4n) is 3.24. The molecule has 3 unspecified atom stereocenters. The molecule has 1 N–H and O–H groups in total. The molecule has 0 aliphatic heterocycles. The first kappa shape index (κ1) is 17.0. The van der Waals surface area contributed by atoms with E-state index in [2.05, 4.69) is 46.9 Å². The fourth-order valence-corrected chi connectivity index (χ4v) is 3.24. The summed E-state index contributed by atoms with van der Waals surface area (Å²) in [4.78, 5) is 0. The Hall–Kier alpha value is -0.0800. The van der Waals surface area contributed by atoms with Crippen molar-refractivity contribution >= 4 is 0 Å². The molecule has 2 nitrogen and oxygen atoms in total. The zero-order valence-electron chi connectivity index (χ0n) is 14.2. The number of rotatable bonds is 4. The third-order valence-corrected chi connectivity index (χ3v) is 4.64. The predicted molar refractivity (Wildman–Crippen MR) is 83.4 cm³/mol. The van der Waals surface area contributed by atoms with Gasteiger partial charge in [-0.1, -0.05) is 20.8 Å². The maximum atomic E-state index is 5.48. The monoisotopic (exact) mass is 269 g/mol. The summed E-state index contributed by atoms with van der Waals surface area (Å²) >= 11 is 0. The van der Waals surface area contributed by atoms with Crippen molar-refractivity contribution < 1.29 is 4.74 Å². The van der Waals surface area contributed by atoms with Crippen LogP contribution < -0.4 is 5.32 Å². The number of nitrogens with one attached hydrogen (secondary N) is 1. The standard InChI is InChI=1S/C17H35NO/c1-16(2,3)15-9-8-13(11-18-17(4,5)6)14(10-15)12-19-7/h13-15,18H,8-12H2,1-7H3. The molecule has 0 aromatic heterocycles. The first-order valence-corrected chi connectivity index (χ1v) is 7.87. The van der Waals surface area contributed by atoms with E-state index in [-0.39, 0.29) is 5.54 Å². The summed E-state index contributed by atoms with van der Waals surface area (Å²) in [6.45, 7) is 16.0. The molecule has 0 bridgehead atoms. The summed E-state index contributed by atoms with van der Waals surface area (Å²) in [5.41, 5.74) is 0.660. The minimum atomic E-state index is 0.221. The molecule has 1 aliphatic rings. The van der Waals surface area contributed by atoms with Crippen molar-refractivity contribution in [2.24, 2.45) is 23.2 Å². The van der Waals surface area contributed by atoms with Crippen LogP contribution in [0.3, 0.4) is 0 Å². The van der Waals surface area contributed by atoms with Crippen molar-refractivity contribution in [3.8, 4) is 0 Å². The summed E-state index contributed by atoms with van der Waals surface area (Å²) < 4.78 is 5.48. The Morgan fingerprint density at radius 3 is 2.11 bits per heavy atom. The highest BCUT2D eigenvalue weighted by Crippen LogP contribution is 2.42. The molecule has 2 heteroatoms. The van der Waals surface area contributed by atoms with Gasteiger partial charge < -0.3 is 10.1 Å². The molecule has 1 fully saturated rings. The SMILES string of the molecule is COCC1CC(C(C)(C)C)CCC1CNC(C)(C)C. The van der Waals surface area contributed by atoms with Gasteiger partial charge in [-0.05, 0) is 69.7 Å². The molecule has 1 rings (SSSR count). The second kappa shape index (κ2) is 6.58. The van der Waals surface area contributed by atoms with Gasteiger partial charge in [0.2, 0.25) is 0 Å². The van der Waals surface area contributed by atoms with Crippen LogP contribution in [0, 0.1) is 23.2 Å². The number of methoxy groups -OCH3 is 1. The number of hydrogen-bond acceptors (Lipinski definition) is 2. The minimum absolute atomic E-state index is 0.221. The summed E-state index contributed by atoms with van der Waals surface area (Å²) in [5.74, 6) is 2.34. The van der Waals surface area contributed by atoms with Crippen LogP contribution >= 0.6 is 0 Å². The fraction of sp³-hybridized carbons (Fsp3) is 1.00. The maximum absolute atomic E-state index is 5.48. The zero-order valence-corrected chi connectivity index (χ0v) is 14.2. The minimum Gasteiger partial charge on any atom is -0.384 e. The van der Waals surface area contributed by atoms with E-state index in [1.54, 1.807) is 0 Å². The van der Waals surface area contributed by atoms with Gasteiger partial charge in [0.1, 0.15) is 0 Å². The van der Waals surface area contributed by atoms with Crippen LogP contribution in [0.5, 0.6) is 0 Å². The molecular weight excluding hydrogens is 234 g/mol. The normalized spacial score (nSPS) is 29.5. The summed E-state index contributed by atoms with van der Waals surface area (Å²) in [6, 6.07) is 0. The highest BCUT2D eigenvalue weighted by atomic mass is 16.5. The first-order valence-electron chi connectivity index (χ1n) is 7.87. The largest absolute Gasteiger partial charge is 0.384 e. The molecule has 3 atom stereocenters. The summed E-state index contributed by atoms with van der Waals surface area (Å²) in [7, 11) is 1.84. The summed E-state index contributed by atoms with van der Waals surface area (Å²) in [6.07, 6.45) is 4.05. The third-order valence-electron chi connectivity index (χ3n) is 4.64. The molecule has 0 radical (unpaired) electrons. The van der Waals surface area contributed by atoms with E-state index in [4.69, 9.17) is 4.74 Å². The molecule has 0 spiro atoms. The van der Waals surface area contributed by atoms with Crippen LogP contribution in [-0.4, -0.2) is 25.8 Å². The number of ether oxygens (including phenoxy) is 1. The Morgan fingerprint density at radius 2 is 1.63 bits per heavy atom. The molecule has 0 saturated heterocycles. The van der Waals surface area contributed by atoms with E-state index in [1.807, 2.05) is 7.11 Å². The van der Waals surface area contributed by atoms with Crippen molar-refractivity contribution in [3.63, 3.8) is 0 Å². The molecule has 1 aliphatic carbocycles. The average Bonchev–Trinajstić information content (AvgIpc) is 2.25. The van der Waals surface area contributed by atoms with Crippen molar-refractivity contribution in [2.45, 2.75) is 66.3 Å². The lowest BCUT2D eigenvalue weighted by Gasteiger charge is -2.42. The molecule has 1 saturated carbocycles. The Balaban J connectivity index is 2.58. The van der Waals surface area contributed by atoms with E-state index in [1.165, 1.54) is 19.3 Å². The zero-order chi connectivity index (χ0) is 14.7. The van der Waals surface area contributed by atoms with Crippen molar-refractivity contribution in [1.29, 1.82) is 0 Å². The topological polar surface area (TPSA) is 21.3 Å². The van der Waals surface area contributed by atoms with Crippen LogP contribution in [0.2, 0.25) is 0 Å². The Kier molecular flexibility index (Phi) is 5.88. The van der Waals surface area contributed by atoms with Crippen molar-refractivity contribution in [1.82, 2.24) is 5.32 Å². The van der Waals surface area contributed by atoms with Crippen LogP contribution in [0.1, 0.15) is 60.8 Å². The Bertz CT molecular complexity index is 261. The van der Waals surface area contributed by atoms with E-state index in [0.717, 1.165) is 30.9 Å². The van der Waals surface area contributed by atoms with Gasteiger partial charge in [0.05, 0.1) is 0 Å². The molecule has 0 heterocycles. The average molecular weight is 269 g/mol. The van der Waals surface area contributed by atoms with E-state index < -0.39 is 0 Å². The van der Waals surface area contributed by atoms with Crippen molar-refractivity contribution in [2.75, 3.05) is 20.3 Å². The quantitative estimate of drug-likeness (QED) is 0.829. The lowest BCUT2D eigenvalue weighted by Crippen LogP contribution is -2.44. The number of hydrogen-bond donors (Lipinski definition) is 1. The molecular formula is C17H35NO. The molecule has 0 aromatic rings. The highest BCUT2D eigenvalue weighted by Gasteiger charge is 2.35. The molecule has 0 aromatic carbocycles. The first-order chi connectivity index (χ1) is 8.63. The van der Waals surface area contributed by atoms with Crippen LogP contribution in [0.25, 0.3) is 0 Å². The van der Waals surface area contributed by atoms with Gasteiger partial charge in [-0.2, -0.15) is 0 Å². The second-order valence-electron chi connectivity index (χ2n) is 8.48. The molecule has 19 heavy (non-hydrogen) atoms. The van der Waals surface area contributed by atoms with Crippen molar-refractivity contribution in [3.05, 3.63) is 0 Å². The van der Waals surface area contributed by atoms with Gasteiger partial charge in [0.25, 0.3) is 0 Å². The van der Waals surface area contributed by atoms with E-state index in [9.17, 15) is 0 Å². The lowest BCUT2D eigenvalue weighted by atomic mass is 9.65. The van der Waals surface area contributed by atoms with Crippen LogP contribution in [-0.2, 0) is 4.74 Å². The molecule has 114 valence electrons. The highest BCUT2D eigenvalue weighted by molar-refractivity contribution is 4.87. The van der Waals surface area contributed by atoms with Gasteiger partial charge in [-0.3, -0.25) is 0 Å². The van der Waals surface area contributed by atoms with E-state index in [0.29, 0.717) is 5.41 Å². The van der Waals surface area contributed by atoms with E-state index >= 15 is 0 Å². The van der Waals surface area contributed by atoms with Gasteiger partial charge >= 0.3 is 0 Å². The molecule has 0 amide bonds. The van der Waals surface area contributed by atoms with Gasteiger partial charge in [0.15, 0.2) is 0 Å².